The van der Waals surface area contributed by atoms with Crippen molar-refractivity contribution in [1.82, 2.24) is 20.5 Å². The van der Waals surface area contributed by atoms with Gasteiger partial charge in [0.15, 0.2) is 0 Å². The van der Waals surface area contributed by atoms with Gasteiger partial charge in [-0.2, -0.15) is 0 Å². The fourth-order valence-corrected chi connectivity index (χ4v) is 1.01. The largest absolute Gasteiger partial charge is 0.363 e. The minimum atomic E-state index is -0.606. The summed E-state index contributed by atoms with van der Waals surface area (Å²) in [5.41, 5.74) is -1.12. The zero-order valence-corrected chi connectivity index (χ0v) is 8.76. The molecule has 0 bridgehead atoms. The predicted molar refractivity (Wildman–Crippen MR) is 57.1 cm³/mol. The molecule has 0 radical (unpaired) electrons. The Bertz CT molecular complexity index is 408. The van der Waals surface area contributed by atoms with E-state index >= 15 is 0 Å². The van der Waals surface area contributed by atoms with E-state index in [9.17, 15) is 9.59 Å². The first-order valence-electron chi connectivity index (χ1n) is 4.76. The second kappa shape index (κ2) is 5.30. The molecule has 0 atom stereocenters. The number of aromatic nitrogens is 3. The van der Waals surface area contributed by atoms with Crippen LogP contribution < -0.4 is 21.9 Å². The lowest BCUT2D eigenvalue weighted by Crippen LogP contribution is -2.31. The first-order valence-corrected chi connectivity index (χ1v) is 4.76. The standard InChI is InChI=1S/C8H15N5O2/c1-5(2)9-3-4-10-6-7(14)11-8(15)13-12-6/h5,9H,3-4H2,1-2H3,(H,10,12)(H2,11,13,14,15). The molecule has 0 spiro atoms. The SMILES string of the molecule is CC(C)NCCNc1n[nH]c(=O)[nH]c1=O. The van der Waals surface area contributed by atoms with Gasteiger partial charge in [-0.1, -0.05) is 13.8 Å². The van der Waals surface area contributed by atoms with Crippen molar-refractivity contribution in [3.8, 4) is 0 Å². The van der Waals surface area contributed by atoms with Crippen LogP contribution in [0.1, 0.15) is 13.8 Å². The van der Waals surface area contributed by atoms with Gasteiger partial charge in [0.05, 0.1) is 0 Å². The van der Waals surface area contributed by atoms with Crippen LogP contribution in [-0.4, -0.2) is 34.3 Å². The van der Waals surface area contributed by atoms with Crippen molar-refractivity contribution in [2.45, 2.75) is 19.9 Å². The summed E-state index contributed by atoms with van der Waals surface area (Å²) in [6, 6.07) is 0.397. The first kappa shape index (κ1) is 11.4. The summed E-state index contributed by atoms with van der Waals surface area (Å²) in [5, 5.41) is 11.7. The molecule has 4 N–H and O–H groups in total. The number of aromatic amines is 2. The van der Waals surface area contributed by atoms with Gasteiger partial charge < -0.3 is 10.6 Å². The molecule has 7 heteroatoms. The van der Waals surface area contributed by atoms with E-state index in [1.54, 1.807) is 0 Å². The van der Waals surface area contributed by atoms with Gasteiger partial charge >= 0.3 is 5.69 Å². The summed E-state index contributed by atoms with van der Waals surface area (Å²) in [6.07, 6.45) is 0. The summed E-state index contributed by atoms with van der Waals surface area (Å²) in [4.78, 5) is 23.9. The molecule has 1 rings (SSSR count). The highest BCUT2D eigenvalue weighted by Gasteiger charge is 2.00. The number of rotatable bonds is 5. The first-order chi connectivity index (χ1) is 7.09. The molecule has 0 saturated heterocycles. The van der Waals surface area contributed by atoms with Gasteiger partial charge in [0.25, 0.3) is 5.56 Å². The molecule has 0 aliphatic heterocycles. The van der Waals surface area contributed by atoms with Crippen LogP contribution in [0.2, 0.25) is 0 Å². The number of nitrogens with zero attached hydrogens (tertiary/aromatic N) is 1. The molecule has 7 nitrogen and oxygen atoms in total. The Morgan fingerprint density at radius 1 is 1.33 bits per heavy atom. The average molecular weight is 213 g/mol. The van der Waals surface area contributed by atoms with Gasteiger partial charge in [0.2, 0.25) is 5.82 Å². The Balaban J connectivity index is 2.45. The Labute approximate surface area is 86.3 Å². The number of H-pyrrole nitrogens is 2. The summed E-state index contributed by atoms with van der Waals surface area (Å²) in [6.45, 7) is 5.36. The van der Waals surface area contributed by atoms with E-state index in [1.165, 1.54) is 0 Å². The normalized spacial score (nSPS) is 10.6. The number of anilines is 1. The van der Waals surface area contributed by atoms with Gasteiger partial charge in [0.1, 0.15) is 0 Å². The van der Waals surface area contributed by atoms with Gasteiger partial charge in [-0.25, -0.2) is 9.89 Å². The van der Waals surface area contributed by atoms with Crippen molar-refractivity contribution < 1.29 is 0 Å². The highest BCUT2D eigenvalue weighted by atomic mass is 16.2. The van der Waals surface area contributed by atoms with E-state index < -0.39 is 11.2 Å². The van der Waals surface area contributed by atoms with Crippen molar-refractivity contribution in [3.05, 3.63) is 20.8 Å². The van der Waals surface area contributed by atoms with Crippen molar-refractivity contribution in [1.29, 1.82) is 0 Å². The molecule has 0 amide bonds. The topological polar surface area (TPSA) is 103 Å². The Hall–Kier alpha value is -1.63. The van der Waals surface area contributed by atoms with E-state index in [0.717, 1.165) is 6.54 Å². The van der Waals surface area contributed by atoms with Gasteiger partial charge in [-0.05, 0) is 0 Å². The molecule has 0 aliphatic rings. The second-order valence-corrected chi connectivity index (χ2v) is 3.39. The monoisotopic (exact) mass is 213 g/mol. The van der Waals surface area contributed by atoms with E-state index in [0.29, 0.717) is 12.6 Å². The molecule has 1 aromatic heterocycles. The second-order valence-electron chi connectivity index (χ2n) is 3.39. The van der Waals surface area contributed by atoms with Gasteiger partial charge in [-0.15, -0.1) is 5.10 Å². The van der Waals surface area contributed by atoms with Gasteiger partial charge in [0, 0.05) is 19.1 Å². The molecule has 0 fully saturated rings. The summed E-state index contributed by atoms with van der Waals surface area (Å²) in [7, 11) is 0. The zero-order chi connectivity index (χ0) is 11.3. The lowest BCUT2D eigenvalue weighted by Gasteiger charge is -2.08. The Morgan fingerprint density at radius 2 is 2.07 bits per heavy atom. The summed E-state index contributed by atoms with van der Waals surface area (Å²) < 4.78 is 0. The van der Waals surface area contributed by atoms with Crippen LogP contribution in [0.25, 0.3) is 0 Å². The minimum Gasteiger partial charge on any atom is -0.363 e. The van der Waals surface area contributed by atoms with Crippen LogP contribution in [0.4, 0.5) is 5.82 Å². The fourth-order valence-electron chi connectivity index (χ4n) is 1.01. The maximum absolute atomic E-state index is 11.1. The van der Waals surface area contributed by atoms with Crippen molar-refractivity contribution in [2.75, 3.05) is 18.4 Å². The molecule has 0 aliphatic carbocycles. The van der Waals surface area contributed by atoms with Crippen LogP contribution in [0.3, 0.4) is 0 Å². The van der Waals surface area contributed by atoms with Crippen LogP contribution in [-0.2, 0) is 0 Å². The Morgan fingerprint density at radius 3 is 2.67 bits per heavy atom. The highest BCUT2D eigenvalue weighted by Crippen LogP contribution is 1.84. The van der Waals surface area contributed by atoms with Crippen molar-refractivity contribution in [3.63, 3.8) is 0 Å². The fraction of sp³-hybridized carbons (Fsp3) is 0.625. The predicted octanol–water partition coefficient (Wildman–Crippen LogP) is -1.13. The smallest absolute Gasteiger partial charge is 0.342 e. The van der Waals surface area contributed by atoms with Crippen LogP contribution in [0.5, 0.6) is 0 Å². The highest BCUT2D eigenvalue weighted by molar-refractivity contribution is 5.28. The third-order valence-electron chi connectivity index (χ3n) is 1.68. The molecule has 0 unspecified atom stereocenters. The number of hydrogen-bond acceptors (Lipinski definition) is 5. The third-order valence-corrected chi connectivity index (χ3v) is 1.68. The van der Waals surface area contributed by atoms with Crippen LogP contribution >= 0.6 is 0 Å². The molecular formula is C8H15N5O2. The molecular weight excluding hydrogens is 198 g/mol. The van der Waals surface area contributed by atoms with Crippen molar-refractivity contribution >= 4 is 5.82 Å². The summed E-state index contributed by atoms with van der Waals surface area (Å²) in [5.74, 6) is 0.125. The summed E-state index contributed by atoms with van der Waals surface area (Å²) >= 11 is 0. The quantitative estimate of drug-likeness (QED) is 0.463. The molecule has 0 aromatic carbocycles. The average Bonchev–Trinajstić information content (AvgIpc) is 2.14. The van der Waals surface area contributed by atoms with E-state index in [1.807, 2.05) is 13.8 Å². The number of nitrogens with one attached hydrogen (secondary N) is 4. The lowest BCUT2D eigenvalue weighted by atomic mass is 10.4. The molecule has 0 saturated carbocycles. The minimum absolute atomic E-state index is 0.125. The maximum Gasteiger partial charge on any atom is 0.342 e. The molecule has 15 heavy (non-hydrogen) atoms. The van der Waals surface area contributed by atoms with E-state index in [2.05, 4.69) is 25.8 Å². The zero-order valence-electron chi connectivity index (χ0n) is 8.76. The van der Waals surface area contributed by atoms with E-state index in [-0.39, 0.29) is 5.82 Å². The third kappa shape index (κ3) is 3.94. The lowest BCUT2D eigenvalue weighted by molar-refractivity contribution is 0.601. The van der Waals surface area contributed by atoms with E-state index in [4.69, 9.17) is 0 Å². The molecule has 1 heterocycles. The van der Waals surface area contributed by atoms with Crippen molar-refractivity contribution in [2.24, 2.45) is 0 Å². The Kier molecular flexibility index (Phi) is 4.04. The van der Waals surface area contributed by atoms with Crippen LogP contribution in [0.15, 0.2) is 9.59 Å². The number of hydrogen-bond donors (Lipinski definition) is 4. The maximum atomic E-state index is 11.1. The van der Waals surface area contributed by atoms with Gasteiger partial charge in [-0.3, -0.25) is 9.78 Å². The molecule has 84 valence electrons. The molecule has 1 aromatic rings. The van der Waals surface area contributed by atoms with Crippen LogP contribution in [0, 0.1) is 0 Å².